The Hall–Kier alpha value is -2.97. The summed E-state index contributed by atoms with van der Waals surface area (Å²) in [5.41, 5.74) is 2.92. The number of nitrogens with zero attached hydrogens (tertiary/aromatic N) is 4. The number of likely N-dealkylation sites (tertiary alicyclic amines) is 1. The van der Waals surface area contributed by atoms with Crippen LogP contribution in [0.2, 0.25) is 0 Å². The van der Waals surface area contributed by atoms with Gasteiger partial charge < -0.3 is 4.98 Å². The van der Waals surface area contributed by atoms with Gasteiger partial charge >= 0.3 is 0 Å². The first kappa shape index (κ1) is 19.4. The van der Waals surface area contributed by atoms with E-state index in [2.05, 4.69) is 64.0 Å². The van der Waals surface area contributed by atoms with Crippen LogP contribution >= 0.6 is 0 Å². The zero-order valence-electron chi connectivity index (χ0n) is 17.1. The van der Waals surface area contributed by atoms with Gasteiger partial charge in [0.2, 0.25) is 0 Å². The summed E-state index contributed by atoms with van der Waals surface area (Å²) < 4.78 is 0. The number of aryl methyl sites for hydroxylation is 1. The summed E-state index contributed by atoms with van der Waals surface area (Å²) in [4.78, 5) is 15.2. The van der Waals surface area contributed by atoms with Crippen LogP contribution in [0.4, 0.5) is 0 Å². The lowest BCUT2D eigenvalue weighted by Crippen LogP contribution is -2.43. The van der Waals surface area contributed by atoms with Gasteiger partial charge in [0.25, 0.3) is 0 Å². The molecule has 0 radical (unpaired) electrons. The fourth-order valence-corrected chi connectivity index (χ4v) is 4.44. The number of H-pyrrole nitrogens is 1. The Morgan fingerprint density at radius 2 is 1.97 bits per heavy atom. The third kappa shape index (κ3) is 3.81. The van der Waals surface area contributed by atoms with Crippen molar-refractivity contribution in [2.45, 2.75) is 44.1 Å². The third-order valence-electron chi connectivity index (χ3n) is 6.41. The molecule has 1 saturated heterocycles. The van der Waals surface area contributed by atoms with Crippen LogP contribution in [-0.2, 0) is 17.4 Å². The summed E-state index contributed by atoms with van der Waals surface area (Å²) in [6.45, 7) is 6.47. The van der Waals surface area contributed by atoms with E-state index < -0.39 is 0 Å². The second-order valence-corrected chi connectivity index (χ2v) is 8.47. The molecule has 1 aliphatic heterocycles. The first-order chi connectivity index (χ1) is 14.0. The number of pyridine rings is 1. The predicted molar refractivity (Wildman–Crippen MR) is 113 cm³/mol. The summed E-state index contributed by atoms with van der Waals surface area (Å²) in [6.07, 6.45) is 8.69. The van der Waals surface area contributed by atoms with Gasteiger partial charge in [0.05, 0.1) is 22.9 Å². The van der Waals surface area contributed by atoms with Crippen molar-refractivity contribution in [3.8, 4) is 6.07 Å². The predicted octanol–water partition coefficient (Wildman–Crippen LogP) is 4.19. The molecule has 0 spiro atoms. The molecule has 3 heterocycles. The molecule has 0 bridgehead atoms. The maximum Gasteiger partial charge on any atom is 0.113 e. The molecule has 5 nitrogen and oxygen atoms in total. The Kier molecular flexibility index (Phi) is 5.21. The highest BCUT2D eigenvalue weighted by Crippen LogP contribution is 2.42. The molecule has 148 valence electrons. The summed E-state index contributed by atoms with van der Waals surface area (Å²) in [6, 6.07) is 16.3. The van der Waals surface area contributed by atoms with Crippen molar-refractivity contribution < 1.29 is 0 Å². The Morgan fingerprint density at radius 1 is 1.14 bits per heavy atom. The number of rotatable bonds is 6. The smallest absolute Gasteiger partial charge is 0.113 e. The fourth-order valence-electron chi connectivity index (χ4n) is 4.44. The van der Waals surface area contributed by atoms with Gasteiger partial charge in [-0.05, 0) is 62.9 Å². The standard InChI is InChI=1S/C24H27N5/c1-23(2,21-5-3-4-13-26-21)29-16-12-24(18-29,22-27-14-15-28-22)11-10-19-6-8-20(17-25)9-7-19/h3-9,13-15H,10-12,16,18H2,1-2H3,(H,27,28)/t24-/m1/s1. The number of aromatic nitrogens is 3. The summed E-state index contributed by atoms with van der Waals surface area (Å²) >= 11 is 0. The second kappa shape index (κ2) is 7.81. The lowest BCUT2D eigenvalue weighted by atomic mass is 9.80. The van der Waals surface area contributed by atoms with Gasteiger partial charge in [0.1, 0.15) is 5.82 Å². The van der Waals surface area contributed by atoms with Gasteiger partial charge in [0.15, 0.2) is 0 Å². The number of imidazole rings is 1. The van der Waals surface area contributed by atoms with Crippen LogP contribution in [0.15, 0.2) is 61.1 Å². The van der Waals surface area contributed by atoms with Gasteiger partial charge in [0, 0.05) is 37.1 Å². The molecular formula is C24H27N5. The van der Waals surface area contributed by atoms with Gasteiger partial charge in [-0.15, -0.1) is 0 Å². The number of hydrogen-bond donors (Lipinski definition) is 1. The van der Waals surface area contributed by atoms with Crippen molar-refractivity contribution in [3.63, 3.8) is 0 Å². The number of hydrogen-bond acceptors (Lipinski definition) is 4. The Morgan fingerprint density at radius 3 is 2.62 bits per heavy atom. The second-order valence-electron chi connectivity index (χ2n) is 8.47. The zero-order chi connectivity index (χ0) is 20.3. The molecule has 0 saturated carbocycles. The fraction of sp³-hybridized carbons (Fsp3) is 0.375. The molecule has 0 unspecified atom stereocenters. The normalized spacial score (nSPS) is 19.9. The molecule has 0 amide bonds. The largest absolute Gasteiger partial charge is 0.348 e. The Bertz CT molecular complexity index is 970. The monoisotopic (exact) mass is 385 g/mol. The molecule has 0 aliphatic carbocycles. The number of nitriles is 1. The van der Waals surface area contributed by atoms with Gasteiger partial charge in [-0.2, -0.15) is 5.26 Å². The van der Waals surface area contributed by atoms with Gasteiger partial charge in [-0.1, -0.05) is 18.2 Å². The van der Waals surface area contributed by atoms with E-state index in [-0.39, 0.29) is 11.0 Å². The van der Waals surface area contributed by atoms with Crippen molar-refractivity contribution in [2.24, 2.45) is 0 Å². The Labute approximate surface area is 172 Å². The van der Waals surface area contributed by atoms with Gasteiger partial charge in [-0.3, -0.25) is 9.88 Å². The number of nitrogens with one attached hydrogen (secondary N) is 1. The van der Waals surface area contributed by atoms with Crippen LogP contribution in [0, 0.1) is 11.3 Å². The minimum atomic E-state index is -0.135. The lowest BCUT2D eigenvalue weighted by molar-refractivity contribution is 0.137. The van der Waals surface area contributed by atoms with E-state index >= 15 is 0 Å². The summed E-state index contributed by atoms with van der Waals surface area (Å²) in [5, 5.41) is 9.02. The van der Waals surface area contributed by atoms with Crippen molar-refractivity contribution in [1.82, 2.24) is 19.9 Å². The average molecular weight is 386 g/mol. The number of benzene rings is 1. The van der Waals surface area contributed by atoms with E-state index in [1.165, 1.54) is 5.56 Å². The van der Waals surface area contributed by atoms with Crippen LogP contribution in [0.5, 0.6) is 0 Å². The lowest BCUT2D eigenvalue weighted by Gasteiger charge is -2.37. The first-order valence-electron chi connectivity index (χ1n) is 10.2. The highest BCUT2D eigenvalue weighted by Gasteiger charge is 2.46. The SMILES string of the molecule is CC(C)(c1ccccn1)N1CC[C@@](CCc2ccc(C#N)cc2)(c2ncc[nH]2)C1. The molecule has 4 rings (SSSR count). The van der Waals surface area contributed by atoms with E-state index in [9.17, 15) is 0 Å². The number of aromatic amines is 1. The van der Waals surface area contributed by atoms with E-state index in [0.29, 0.717) is 5.56 Å². The molecule has 1 N–H and O–H groups in total. The minimum absolute atomic E-state index is 0.0105. The van der Waals surface area contributed by atoms with Crippen molar-refractivity contribution in [1.29, 1.82) is 5.26 Å². The van der Waals surface area contributed by atoms with E-state index in [4.69, 9.17) is 5.26 Å². The topological polar surface area (TPSA) is 68.6 Å². The Balaban J connectivity index is 1.56. The molecular weight excluding hydrogens is 358 g/mol. The minimum Gasteiger partial charge on any atom is -0.348 e. The van der Waals surface area contributed by atoms with Crippen molar-refractivity contribution >= 4 is 0 Å². The molecule has 2 aromatic heterocycles. The van der Waals surface area contributed by atoms with E-state index in [0.717, 1.165) is 43.9 Å². The zero-order valence-corrected chi connectivity index (χ0v) is 17.1. The maximum absolute atomic E-state index is 9.02. The molecule has 1 atom stereocenters. The molecule has 29 heavy (non-hydrogen) atoms. The maximum atomic E-state index is 9.02. The van der Waals surface area contributed by atoms with Crippen LogP contribution in [0.3, 0.4) is 0 Å². The summed E-state index contributed by atoms with van der Waals surface area (Å²) in [7, 11) is 0. The first-order valence-corrected chi connectivity index (χ1v) is 10.2. The molecule has 3 aromatic rings. The highest BCUT2D eigenvalue weighted by molar-refractivity contribution is 5.32. The van der Waals surface area contributed by atoms with Crippen LogP contribution in [0.1, 0.15) is 49.3 Å². The third-order valence-corrected chi connectivity index (χ3v) is 6.41. The molecule has 1 aliphatic rings. The quantitative estimate of drug-likeness (QED) is 0.691. The van der Waals surface area contributed by atoms with E-state index in [1.807, 2.05) is 36.8 Å². The van der Waals surface area contributed by atoms with Crippen LogP contribution < -0.4 is 0 Å². The van der Waals surface area contributed by atoms with Crippen LogP contribution in [-0.4, -0.2) is 32.9 Å². The molecule has 1 aromatic carbocycles. The molecule has 1 fully saturated rings. The van der Waals surface area contributed by atoms with Crippen molar-refractivity contribution in [3.05, 3.63) is 83.7 Å². The van der Waals surface area contributed by atoms with Gasteiger partial charge in [-0.25, -0.2) is 4.98 Å². The molecule has 5 heteroatoms. The average Bonchev–Trinajstić information content (AvgIpc) is 3.44. The summed E-state index contributed by atoms with van der Waals surface area (Å²) in [5.74, 6) is 1.07. The highest BCUT2D eigenvalue weighted by atomic mass is 15.2. The van der Waals surface area contributed by atoms with Crippen molar-refractivity contribution in [2.75, 3.05) is 13.1 Å². The van der Waals surface area contributed by atoms with E-state index in [1.54, 1.807) is 0 Å². The van der Waals surface area contributed by atoms with Crippen LogP contribution in [0.25, 0.3) is 0 Å².